The summed E-state index contributed by atoms with van der Waals surface area (Å²) in [4.78, 5) is 28.9. The molecule has 0 fully saturated rings. The van der Waals surface area contributed by atoms with Gasteiger partial charge in [-0.15, -0.1) is 11.8 Å². The topological polar surface area (TPSA) is 49.4 Å². The maximum atomic E-state index is 13.7. The van der Waals surface area contributed by atoms with E-state index >= 15 is 0 Å². The summed E-state index contributed by atoms with van der Waals surface area (Å²) < 4.78 is 0. The van der Waals surface area contributed by atoms with Crippen LogP contribution in [0.4, 0.5) is 0 Å². The number of benzene rings is 3. The van der Waals surface area contributed by atoms with Crippen LogP contribution in [-0.4, -0.2) is 34.6 Å². The number of hydrogen-bond acceptors (Lipinski definition) is 3. The van der Waals surface area contributed by atoms with Gasteiger partial charge < -0.3 is 10.2 Å². The van der Waals surface area contributed by atoms with E-state index in [1.165, 1.54) is 11.8 Å². The SMILES string of the molecule is CC[C@H](C)NC(=O)[C@H](Cc1ccccc1)N(Cc1c(Cl)cccc1Cl)C(=O)CSCc1ccc(Cl)cc1. The Bertz CT molecular complexity index is 1160. The van der Waals surface area contributed by atoms with Crippen LogP contribution in [0.5, 0.6) is 0 Å². The minimum atomic E-state index is -0.729. The van der Waals surface area contributed by atoms with Gasteiger partial charge >= 0.3 is 0 Å². The highest BCUT2D eigenvalue weighted by atomic mass is 35.5. The molecule has 1 N–H and O–H groups in total. The molecule has 0 spiro atoms. The second-order valence-corrected chi connectivity index (χ2v) is 11.1. The van der Waals surface area contributed by atoms with E-state index in [0.29, 0.717) is 32.8 Å². The van der Waals surface area contributed by atoms with Gasteiger partial charge in [0, 0.05) is 45.4 Å². The molecule has 0 radical (unpaired) electrons. The molecule has 0 saturated carbocycles. The van der Waals surface area contributed by atoms with Gasteiger partial charge in [-0.3, -0.25) is 9.59 Å². The zero-order chi connectivity index (χ0) is 26.8. The van der Waals surface area contributed by atoms with E-state index in [1.807, 2.05) is 68.4 Å². The quantitative estimate of drug-likeness (QED) is 0.243. The molecule has 3 aromatic carbocycles. The number of rotatable bonds is 12. The summed E-state index contributed by atoms with van der Waals surface area (Å²) in [7, 11) is 0. The van der Waals surface area contributed by atoms with Crippen molar-refractivity contribution in [2.45, 2.75) is 51.1 Å². The predicted octanol–water partition coefficient (Wildman–Crippen LogP) is 7.43. The lowest BCUT2D eigenvalue weighted by Crippen LogP contribution is -2.52. The molecule has 0 bridgehead atoms. The third kappa shape index (κ3) is 8.96. The third-order valence-electron chi connectivity index (χ3n) is 6.07. The molecule has 0 aliphatic rings. The van der Waals surface area contributed by atoms with Crippen molar-refractivity contribution in [3.05, 3.63) is 105 Å². The first kappa shape index (κ1) is 29.4. The number of nitrogens with zero attached hydrogens (tertiary/aromatic N) is 1. The molecule has 3 aromatic rings. The number of halogens is 3. The van der Waals surface area contributed by atoms with Crippen molar-refractivity contribution >= 4 is 58.4 Å². The summed E-state index contributed by atoms with van der Waals surface area (Å²) in [5.41, 5.74) is 2.65. The normalized spacial score (nSPS) is 12.6. The smallest absolute Gasteiger partial charge is 0.243 e. The van der Waals surface area contributed by atoms with Gasteiger partial charge in [-0.1, -0.05) is 90.3 Å². The lowest BCUT2D eigenvalue weighted by Gasteiger charge is -2.32. The first-order valence-corrected chi connectivity index (χ1v) is 14.5. The average molecular weight is 578 g/mol. The summed E-state index contributed by atoms with van der Waals surface area (Å²) in [5, 5.41) is 4.66. The molecule has 3 rings (SSSR count). The van der Waals surface area contributed by atoms with Crippen molar-refractivity contribution in [1.82, 2.24) is 10.2 Å². The van der Waals surface area contributed by atoms with E-state index in [1.54, 1.807) is 23.1 Å². The zero-order valence-electron chi connectivity index (χ0n) is 20.9. The fraction of sp³-hybridized carbons (Fsp3) is 0.310. The van der Waals surface area contributed by atoms with Crippen LogP contribution in [0, 0.1) is 0 Å². The Labute approximate surface area is 238 Å². The van der Waals surface area contributed by atoms with Gasteiger partial charge in [-0.05, 0) is 48.7 Å². The van der Waals surface area contributed by atoms with Gasteiger partial charge in [0.25, 0.3) is 0 Å². The van der Waals surface area contributed by atoms with E-state index in [0.717, 1.165) is 17.5 Å². The van der Waals surface area contributed by atoms with E-state index in [-0.39, 0.29) is 30.2 Å². The zero-order valence-corrected chi connectivity index (χ0v) is 24.0. The highest BCUT2D eigenvalue weighted by Gasteiger charge is 2.31. The Hall–Kier alpha value is -2.18. The highest BCUT2D eigenvalue weighted by molar-refractivity contribution is 7.99. The Balaban J connectivity index is 1.90. The minimum absolute atomic E-state index is 0.0223. The van der Waals surface area contributed by atoms with Crippen molar-refractivity contribution < 1.29 is 9.59 Å². The monoisotopic (exact) mass is 576 g/mol. The molecule has 8 heteroatoms. The summed E-state index contributed by atoms with van der Waals surface area (Å²) >= 11 is 20.5. The van der Waals surface area contributed by atoms with Crippen molar-refractivity contribution in [2.75, 3.05) is 5.75 Å². The van der Waals surface area contributed by atoms with Crippen LogP contribution < -0.4 is 5.32 Å². The number of hydrogen-bond donors (Lipinski definition) is 1. The van der Waals surface area contributed by atoms with E-state index in [2.05, 4.69) is 5.32 Å². The number of thioether (sulfide) groups is 1. The fourth-order valence-electron chi connectivity index (χ4n) is 3.77. The molecule has 0 saturated heterocycles. The first-order valence-electron chi connectivity index (χ1n) is 12.2. The largest absolute Gasteiger partial charge is 0.352 e. The number of carbonyl (C=O) groups excluding carboxylic acids is 2. The molecule has 2 atom stereocenters. The standard InChI is InChI=1S/C29H31Cl3N2O2S/c1-3-20(2)33-29(36)27(16-21-8-5-4-6-9-21)34(17-24-25(31)10-7-11-26(24)32)28(35)19-37-18-22-12-14-23(30)15-13-22/h4-15,20,27H,3,16-19H2,1-2H3,(H,33,36)/t20-,27-/m0/s1. The number of amides is 2. The first-order chi connectivity index (χ1) is 17.8. The molecule has 2 amide bonds. The van der Waals surface area contributed by atoms with Crippen LogP contribution in [0.25, 0.3) is 0 Å². The molecule has 0 heterocycles. The molecule has 37 heavy (non-hydrogen) atoms. The van der Waals surface area contributed by atoms with Crippen molar-refractivity contribution in [1.29, 1.82) is 0 Å². The van der Waals surface area contributed by atoms with Gasteiger partial charge in [0.2, 0.25) is 11.8 Å². The summed E-state index contributed by atoms with van der Waals surface area (Å²) in [6.07, 6.45) is 1.16. The van der Waals surface area contributed by atoms with Crippen LogP contribution in [-0.2, 0) is 28.3 Å². The van der Waals surface area contributed by atoms with Crippen molar-refractivity contribution in [3.63, 3.8) is 0 Å². The lowest BCUT2D eigenvalue weighted by molar-refractivity contribution is -0.139. The van der Waals surface area contributed by atoms with Gasteiger partial charge in [0.05, 0.1) is 5.75 Å². The molecule has 196 valence electrons. The minimum Gasteiger partial charge on any atom is -0.352 e. The van der Waals surface area contributed by atoms with E-state index in [9.17, 15) is 9.59 Å². The van der Waals surface area contributed by atoms with Gasteiger partial charge in [-0.25, -0.2) is 0 Å². The summed E-state index contributed by atoms with van der Waals surface area (Å²) in [6, 6.07) is 21.8. The lowest BCUT2D eigenvalue weighted by atomic mass is 10.0. The molecule has 0 aromatic heterocycles. The highest BCUT2D eigenvalue weighted by Crippen LogP contribution is 2.28. The van der Waals surface area contributed by atoms with Crippen LogP contribution >= 0.6 is 46.6 Å². The fourth-order valence-corrected chi connectivity index (χ4v) is 5.28. The Kier molecular flexibility index (Phi) is 11.7. The van der Waals surface area contributed by atoms with E-state index < -0.39 is 6.04 Å². The summed E-state index contributed by atoms with van der Waals surface area (Å²) in [6.45, 7) is 4.10. The molecule has 0 unspecified atom stereocenters. The maximum absolute atomic E-state index is 13.7. The van der Waals surface area contributed by atoms with Gasteiger partial charge in [-0.2, -0.15) is 0 Å². The Morgan fingerprint density at radius 2 is 1.54 bits per heavy atom. The van der Waals surface area contributed by atoms with Gasteiger partial charge in [0.15, 0.2) is 0 Å². The van der Waals surface area contributed by atoms with Gasteiger partial charge in [0.1, 0.15) is 6.04 Å². The molecular weight excluding hydrogens is 547 g/mol. The van der Waals surface area contributed by atoms with Crippen molar-refractivity contribution in [3.8, 4) is 0 Å². The summed E-state index contributed by atoms with van der Waals surface area (Å²) in [5.74, 6) is 0.492. The molecule has 4 nitrogen and oxygen atoms in total. The third-order valence-corrected chi connectivity index (χ3v) is 8.02. The van der Waals surface area contributed by atoms with Crippen LogP contribution in [0.1, 0.15) is 37.0 Å². The number of nitrogens with one attached hydrogen (secondary N) is 1. The average Bonchev–Trinajstić information content (AvgIpc) is 2.89. The number of carbonyl (C=O) groups is 2. The predicted molar refractivity (Wildman–Crippen MR) is 156 cm³/mol. The Morgan fingerprint density at radius 3 is 2.16 bits per heavy atom. The van der Waals surface area contributed by atoms with Crippen LogP contribution in [0.2, 0.25) is 15.1 Å². The second kappa shape index (κ2) is 14.7. The molecular formula is C29H31Cl3N2O2S. The van der Waals surface area contributed by atoms with Crippen molar-refractivity contribution in [2.24, 2.45) is 0 Å². The molecule has 0 aliphatic heterocycles. The maximum Gasteiger partial charge on any atom is 0.243 e. The van der Waals surface area contributed by atoms with E-state index in [4.69, 9.17) is 34.8 Å². The second-order valence-electron chi connectivity index (χ2n) is 8.86. The Morgan fingerprint density at radius 1 is 0.892 bits per heavy atom. The molecule has 0 aliphatic carbocycles. The van der Waals surface area contributed by atoms with Crippen LogP contribution in [0.15, 0.2) is 72.8 Å². The van der Waals surface area contributed by atoms with Crippen LogP contribution in [0.3, 0.4) is 0 Å².